The number of benzene rings is 2. The Balaban J connectivity index is 1.27. The zero-order chi connectivity index (χ0) is 23.5. The molecule has 8 nitrogen and oxygen atoms in total. The second-order valence-electron chi connectivity index (χ2n) is 8.22. The maximum Gasteiger partial charge on any atom is 0.243 e. The highest BCUT2D eigenvalue weighted by molar-refractivity contribution is 9.10. The molecule has 3 heterocycles. The Morgan fingerprint density at radius 3 is 2.12 bits per heavy atom. The lowest BCUT2D eigenvalue weighted by molar-refractivity contribution is 0.122. The summed E-state index contributed by atoms with van der Waals surface area (Å²) in [5.41, 5.74) is 2.06. The number of rotatable bonds is 5. The van der Waals surface area contributed by atoms with Crippen molar-refractivity contribution in [1.82, 2.24) is 14.3 Å². The van der Waals surface area contributed by atoms with E-state index in [1.807, 2.05) is 42.5 Å². The van der Waals surface area contributed by atoms with Crippen molar-refractivity contribution in [2.24, 2.45) is 0 Å². The normalized spacial score (nSPS) is 17.7. The van der Waals surface area contributed by atoms with Crippen LogP contribution in [0.3, 0.4) is 0 Å². The molecule has 2 aromatic carbocycles. The number of hydrogen-bond acceptors (Lipinski definition) is 7. The average Bonchev–Trinajstić information content (AvgIpc) is 2.90. The molecule has 0 N–H and O–H groups in total. The standard InChI is InChI=1S/C24H26BrN5O3S/c25-22-18-26-24(29-14-16-33-17-15-29)27-23(22)28-10-12-30(13-11-28)34(31,32)21-8-6-20(7-9-21)19-4-2-1-3-5-19/h1-9,18H,10-17H2. The first-order valence-electron chi connectivity index (χ1n) is 11.3. The SMILES string of the molecule is O=S(=O)(c1ccc(-c2ccccc2)cc1)N1CCN(c2nc(N3CCOCC3)ncc2Br)CC1. The molecule has 0 radical (unpaired) electrons. The Morgan fingerprint density at radius 1 is 0.794 bits per heavy atom. The maximum absolute atomic E-state index is 13.3. The van der Waals surface area contributed by atoms with Crippen LogP contribution in [0.4, 0.5) is 11.8 Å². The molecule has 1 aromatic heterocycles. The van der Waals surface area contributed by atoms with Gasteiger partial charge in [0, 0.05) is 45.5 Å². The third-order valence-corrected chi connectivity index (χ3v) is 8.62. The van der Waals surface area contributed by atoms with Gasteiger partial charge < -0.3 is 14.5 Å². The van der Waals surface area contributed by atoms with Crippen molar-refractivity contribution in [2.75, 3.05) is 62.3 Å². The molecule has 3 aromatic rings. The molecule has 0 amide bonds. The summed E-state index contributed by atoms with van der Waals surface area (Å²) < 4.78 is 34.3. The molecule has 0 spiro atoms. The van der Waals surface area contributed by atoms with Gasteiger partial charge in [-0.2, -0.15) is 9.29 Å². The summed E-state index contributed by atoms with van der Waals surface area (Å²) in [5, 5.41) is 0. The van der Waals surface area contributed by atoms with E-state index in [0.29, 0.717) is 50.2 Å². The minimum atomic E-state index is -3.56. The monoisotopic (exact) mass is 543 g/mol. The van der Waals surface area contributed by atoms with Gasteiger partial charge in [0.05, 0.1) is 22.6 Å². The van der Waals surface area contributed by atoms with Crippen LogP contribution in [0.5, 0.6) is 0 Å². The van der Waals surface area contributed by atoms with Crippen LogP contribution in [0.1, 0.15) is 0 Å². The summed E-state index contributed by atoms with van der Waals surface area (Å²) in [5.74, 6) is 1.47. The Morgan fingerprint density at radius 2 is 1.44 bits per heavy atom. The summed E-state index contributed by atoms with van der Waals surface area (Å²) in [6, 6.07) is 17.0. The summed E-state index contributed by atoms with van der Waals surface area (Å²) in [7, 11) is -3.56. The highest BCUT2D eigenvalue weighted by atomic mass is 79.9. The Bertz CT molecular complexity index is 1230. The van der Waals surface area contributed by atoms with Gasteiger partial charge in [-0.15, -0.1) is 0 Å². The number of hydrogen-bond donors (Lipinski definition) is 0. The van der Waals surface area contributed by atoms with E-state index in [1.54, 1.807) is 22.6 Å². The van der Waals surface area contributed by atoms with Crippen molar-refractivity contribution in [3.8, 4) is 11.1 Å². The van der Waals surface area contributed by atoms with E-state index < -0.39 is 10.0 Å². The number of ether oxygens (including phenoxy) is 1. The number of sulfonamides is 1. The van der Waals surface area contributed by atoms with Crippen molar-refractivity contribution in [3.63, 3.8) is 0 Å². The summed E-state index contributed by atoms with van der Waals surface area (Å²) in [4.78, 5) is 13.8. The third kappa shape index (κ3) is 4.81. The van der Waals surface area contributed by atoms with E-state index in [0.717, 1.165) is 34.5 Å². The zero-order valence-electron chi connectivity index (χ0n) is 18.7. The van der Waals surface area contributed by atoms with Crippen molar-refractivity contribution in [1.29, 1.82) is 0 Å². The lowest BCUT2D eigenvalue weighted by atomic mass is 10.1. The van der Waals surface area contributed by atoms with Gasteiger partial charge in [-0.1, -0.05) is 42.5 Å². The van der Waals surface area contributed by atoms with Crippen LogP contribution in [-0.4, -0.2) is 75.2 Å². The van der Waals surface area contributed by atoms with E-state index >= 15 is 0 Å². The van der Waals surface area contributed by atoms with Gasteiger partial charge in [-0.05, 0) is 39.2 Å². The number of anilines is 2. The molecule has 0 bridgehead atoms. The minimum Gasteiger partial charge on any atom is -0.378 e. The molecule has 34 heavy (non-hydrogen) atoms. The fourth-order valence-corrected chi connectivity index (χ4v) is 6.09. The molecule has 2 saturated heterocycles. The molecular weight excluding hydrogens is 518 g/mol. The predicted octanol–water partition coefficient (Wildman–Crippen LogP) is 3.25. The first-order chi connectivity index (χ1) is 16.5. The van der Waals surface area contributed by atoms with Crippen LogP contribution in [-0.2, 0) is 14.8 Å². The first-order valence-corrected chi connectivity index (χ1v) is 13.5. The van der Waals surface area contributed by atoms with E-state index in [4.69, 9.17) is 9.72 Å². The Labute approximate surface area is 208 Å². The van der Waals surface area contributed by atoms with Crippen LogP contribution >= 0.6 is 15.9 Å². The van der Waals surface area contributed by atoms with Gasteiger partial charge in [-0.25, -0.2) is 13.4 Å². The largest absolute Gasteiger partial charge is 0.378 e. The summed E-state index contributed by atoms with van der Waals surface area (Å²) >= 11 is 3.57. The smallest absolute Gasteiger partial charge is 0.243 e. The fraction of sp³-hybridized carbons (Fsp3) is 0.333. The number of halogens is 1. The maximum atomic E-state index is 13.3. The highest BCUT2D eigenvalue weighted by Gasteiger charge is 2.30. The van der Waals surface area contributed by atoms with Crippen LogP contribution in [0.2, 0.25) is 0 Å². The molecule has 5 rings (SSSR count). The Kier molecular flexibility index (Phi) is 6.82. The fourth-order valence-electron chi connectivity index (χ4n) is 4.23. The molecule has 0 unspecified atom stereocenters. The summed E-state index contributed by atoms with van der Waals surface area (Å²) in [6.07, 6.45) is 1.77. The van der Waals surface area contributed by atoms with E-state index in [-0.39, 0.29) is 0 Å². The lowest BCUT2D eigenvalue weighted by Crippen LogP contribution is -2.49. The molecule has 0 aliphatic carbocycles. The number of nitrogens with zero attached hydrogens (tertiary/aromatic N) is 5. The van der Waals surface area contributed by atoms with E-state index in [2.05, 4.69) is 30.7 Å². The van der Waals surface area contributed by atoms with Gasteiger partial charge in [-0.3, -0.25) is 0 Å². The molecule has 0 saturated carbocycles. The average molecular weight is 544 g/mol. The number of piperazine rings is 1. The van der Waals surface area contributed by atoms with E-state index in [1.165, 1.54) is 0 Å². The van der Waals surface area contributed by atoms with Crippen molar-refractivity contribution in [2.45, 2.75) is 4.90 Å². The first kappa shape index (κ1) is 23.2. The van der Waals surface area contributed by atoms with Gasteiger partial charge in [0.15, 0.2) is 0 Å². The van der Waals surface area contributed by atoms with Crippen LogP contribution in [0.15, 0.2) is 70.2 Å². The molecule has 178 valence electrons. The third-order valence-electron chi connectivity index (χ3n) is 6.14. The van der Waals surface area contributed by atoms with Crippen LogP contribution < -0.4 is 9.80 Å². The predicted molar refractivity (Wildman–Crippen MR) is 136 cm³/mol. The molecular formula is C24H26BrN5O3S. The van der Waals surface area contributed by atoms with Crippen molar-refractivity contribution < 1.29 is 13.2 Å². The lowest BCUT2D eigenvalue weighted by Gasteiger charge is -2.35. The quantitative estimate of drug-likeness (QED) is 0.488. The number of aromatic nitrogens is 2. The highest BCUT2D eigenvalue weighted by Crippen LogP contribution is 2.28. The molecule has 0 atom stereocenters. The molecule has 10 heteroatoms. The Hall–Kier alpha value is -2.53. The van der Waals surface area contributed by atoms with Gasteiger partial charge in [0.25, 0.3) is 0 Å². The topological polar surface area (TPSA) is 78.9 Å². The van der Waals surface area contributed by atoms with E-state index in [9.17, 15) is 8.42 Å². The second-order valence-corrected chi connectivity index (χ2v) is 11.0. The van der Waals surface area contributed by atoms with Gasteiger partial charge in [0.2, 0.25) is 16.0 Å². The minimum absolute atomic E-state index is 0.318. The summed E-state index contributed by atoms with van der Waals surface area (Å²) in [6.45, 7) is 4.75. The van der Waals surface area contributed by atoms with Crippen LogP contribution in [0, 0.1) is 0 Å². The number of morpholine rings is 1. The van der Waals surface area contributed by atoms with Crippen LogP contribution in [0.25, 0.3) is 11.1 Å². The van der Waals surface area contributed by atoms with Gasteiger partial charge >= 0.3 is 0 Å². The van der Waals surface area contributed by atoms with Crippen molar-refractivity contribution in [3.05, 3.63) is 65.3 Å². The molecule has 2 aliphatic rings. The second kappa shape index (κ2) is 9.99. The molecule has 2 fully saturated rings. The van der Waals surface area contributed by atoms with Gasteiger partial charge in [0.1, 0.15) is 5.82 Å². The molecule has 2 aliphatic heterocycles. The zero-order valence-corrected chi connectivity index (χ0v) is 21.1. The van der Waals surface area contributed by atoms with Crippen molar-refractivity contribution >= 4 is 37.7 Å².